The van der Waals surface area contributed by atoms with Crippen LogP contribution in [0.15, 0.2) is 65.1 Å². The van der Waals surface area contributed by atoms with Crippen LogP contribution in [0, 0.1) is 0 Å². The lowest BCUT2D eigenvalue weighted by Gasteiger charge is -2.39. The van der Waals surface area contributed by atoms with E-state index < -0.39 is 12.1 Å². The second-order valence-corrected chi connectivity index (χ2v) is 10.6. The maximum Gasteiger partial charge on any atom is 0.335 e. The molecule has 8 nitrogen and oxygen atoms in total. The van der Waals surface area contributed by atoms with Gasteiger partial charge >= 0.3 is 5.97 Å². The minimum atomic E-state index is -0.992. The second-order valence-electron chi connectivity index (χ2n) is 9.68. The molecule has 0 saturated carbocycles. The number of amides is 2. The van der Waals surface area contributed by atoms with E-state index in [1.54, 1.807) is 23.9 Å². The molecule has 210 valence electrons. The Bertz CT molecular complexity index is 1150. The van der Waals surface area contributed by atoms with Crippen molar-refractivity contribution in [2.24, 2.45) is 0 Å². The van der Waals surface area contributed by atoms with E-state index in [2.05, 4.69) is 54.1 Å². The van der Waals surface area contributed by atoms with E-state index >= 15 is 0 Å². The van der Waals surface area contributed by atoms with Crippen molar-refractivity contribution in [2.45, 2.75) is 82.3 Å². The largest absolute Gasteiger partial charge is 0.478 e. The van der Waals surface area contributed by atoms with Crippen LogP contribution in [0.3, 0.4) is 0 Å². The number of rotatable bonds is 13. The highest BCUT2D eigenvalue weighted by molar-refractivity contribution is 7.98. The molecule has 0 saturated heterocycles. The fourth-order valence-corrected chi connectivity index (χ4v) is 5.04. The predicted molar refractivity (Wildman–Crippen MR) is 154 cm³/mol. The molecule has 0 unspecified atom stereocenters. The number of carbonyl (C=O) groups is 3. The molecular formula is C30H39N3O5S. The van der Waals surface area contributed by atoms with E-state index in [0.29, 0.717) is 18.5 Å². The molecule has 1 aliphatic carbocycles. The number of ether oxygens (including phenoxy) is 1. The Morgan fingerprint density at radius 2 is 1.62 bits per heavy atom. The highest BCUT2D eigenvalue weighted by Gasteiger charge is 2.37. The first-order chi connectivity index (χ1) is 18.7. The topological polar surface area (TPSA) is 117 Å². The molecule has 0 spiro atoms. The standard InChI is InChI=1S/C30H39N3O5S/c1-5-24(6-2)38-27-16-23(29(35)32-18-20-7-11-22(12-8-20)30(36)37)15-26(28(27)33-19(3)34)31-17-21-9-13-25(39-4)14-10-21/h7-14,16,24,26-28,31H,5-6,15,17-18H2,1-4H3,(H,32,35)(H,33,34)(H,36,37)/t26-,27+,28+/m0/s1. The number of carboxylic acids is 1. The maximum atomic E-state index is 13.3. The van der Waals surface area contributed by atoms with Gasteiger partial charge in [0.1, 0.15) is 0 Å². The SMILES string of the molecule is CCC(CC)O[C@@H]1C=C(C(=O)NCc2ccc(C(=O)O)cc2)C[C@H](NCc2ccc(SC)cc2)[C@H]1NC(C)=O. The van der Waals surface area contributed by atoms with Gasteiger partial charge in [-0.1, -0.05) is 38.1 Å². The zero-order chi connectivity index (χ0) is 28.4. The molecule has 1 aliphatic rings. The summed E-state index contributed by atoms with van der Waals surface area (Å²) in [5.74, 6) is -1.36. The summed E-state index contributed by atoms with van der Waals surface area (Å²) in [6.45, 7) is 6.46. The van der Waals surface area contributed by atoms with Gasteiger partial charge in [-0.05, 0) is 67.0 Å². The molecule has 39 heavy (non-hydrogen) atoms. The molecule has 0 heterocycles. The van der Waals surface area contributed by atoms with Crippen LogP contribution >= 0.6 is 11.8 Å². The molecule has 9 heteroatoms. The highest BCUT2D eigenvalue weighted by Crippen LogP contribution is 2.25. The molecule has 2 aromatic carbocycles. The van der Waals surface area contributed by atoms with Crippen LogP contribution in [0.2, 0.25) is 0 Å². The Kier molecular flexibility index (Phi) is 11.6. The first-order valence-electron chi connectivity index (χ1n) is 13.3. The van der Waals surface area contributed by atoms with Gasteiger partial charge in [0.25, 0.3) is 0 Å². The van der Waals surface area contributed by atoms with E-state index in [-0.39, 0.29) is 42.1 Å². The second kappa shape index (κ2) is 14.9. The quantitative estimate of drug-likeness (QED) is 0.274. The maximum absolute atomic E-state index is 13.3. The summed E-state index contributed by atoms with van der Waals surface area (Å²) < 4.78 is 6.43. The zero-order valence-electron chi connectivity index (χ0n) is 23.0. The van der Waals surface area contributed by atoms with Gasteiger partial charge in [0, 0.05) is 36.5 Å². The van der Waals surface area contributed by atoms with Crippen molar-refractivity contribution in [3.63, 3.8) is 0 Å². The van der Waals surface area contributed by atoms with Crippen LogP contribution in [0.5, 0.6) is 0 Å². The van der Waals surface area contributed by atoms with Crippen molar-refractivity contribution in [3.8, 4) is 0 Å². The van der Waals surface area contributed by atoms with Crippen molar-refractivity contribution in [2.75, 3.05) is 6.26 Å². The summed E-state index contributed by atoms with van der Waals surface area (Å²) in [4.78, 5) is 37.8. The van der Waals surface area contributed by atoms with Crippen molar-refractivity contribution in [1.29, 1.82) is 0 Å². The molecule has 0 aromatic heterocycles. The first kappa shape index (κ1) is 30.4. The molecule has 0 fully saturated rings. The first-order valence-corrected chi connectivity index (χ1v) is 14.6. The van der Waals surface area contributed by atoms with Gasteiger partial charge in [-0.2, -0.15) is 0 Å². The van der Waals surface area contributed by atoms with Gasteiger partial charge in [0.2, 0.25) is 11.8 Å². The third-order valence-corrected chi connectivity index (χ3v) is 7.64. The van der Waals surface area contributed by atoms with Crippen LogP contribution in [0.4, 0.5) is 0 Å². The van der Waals surface area contributed by atoms with Crippen LogP contribution in [0.1, 0.15) is 61.5 Å². The molecule has 0 aliphatic heterocycles. The number of aromatic carboxylic acids is 1. The number of hydrogen-bond donors (Lipinski definition) is 4. The highest BCUT2D eigenvalue weighted by atomic mass is 32.2. The Morgan fingerprint density at radius 3 is 2.18 bits per heavy atom. The molecule has 0 bridgehead atoms. The lowest BCUT2D eigenvalue weighted by atomic mass is 9.86. The predicted octanol–water partition coefficient (Wildman–Crippen LogP) is 4.29. The summed E-state index contributed by atoms with van der Waals surface area (Å²) in [6, 6.07) is 14.2. The van der Waals surface area contributed by atoms with Gasteiger partial charge in [-0.3, -0.25) is 9.59 Å². The van der Waals surface area contributed by atoms with E-state index in [9.17, 15) is 14.4 Å². The van der Waals surface area contributed by atoms with Gasteiger partial charge in [0.05, 0.1) is 23.8 Å². The third kappa shape index (κ3) is 8.95. The van der Waals surface area contributed by atoms with Crippen LogP contribution in [0.25, 0.3) is 0 Å². The Morgan fingerprint density at radius 1 is 1.00 bits per heavy atom. The van der Waals surface area contributed by atoms with Gasteiger partial charge in [-0.15, -0.1) is 11.8 Å². The molecule has 3 atom stereocenters. The summed E-state index contributed by atoms with van der Waals surface area (Å²) in [5.41, 5.74) is 2.69. The molecular weight excluding hydrogens is 514 g/mol. The van der Waals surface area contributed by atoms with Crippen molar-refractivity contribution in [1.82, 2.24) is 16.0 Å². The molecule has 3 rings (SSSR count). The van der Waals surface area contributed by atoms with Gasteiger partial charge in [-0.25, -0.2) is 4.79 Å². The summed E-state index contributed by atoms with van der Waals surface area (Å²) in [5, 5.41) is 18.7. The van der Waals surface area contributed by atoms with Gasteiger partial charge in [0.15, 0.2) is 0 Å². The lowest BCUT2D eigenvalue weighted by molar-refractivity contribution is -0.121. The Balaban J connectivity index is 1.80. The number of benzene rings is 2. The van der Waals surface area contributed by atoms with E-state index in [1.165, 1.54) is 24.0 Å². The molecule has 2 aromatic rings. The monoisotopic (exact) mass is 553 g/mol. The zero-order valence-corrected chi connectivity index (χ0v) is 23.8. The van der Waals surface area contributed by atoms with E-state index in [4.69, 9.17) is 9.84 Å². The average molecular weight is 554 g/mol. The van der Waals surface area contributed by atoms with Crippen LogP contribution in [-0.2, 0) is 27.4 Å². The minimum absolute atomic E-state index is 0.00240. The van der Waals surface area contributed by atoms with Gasteiger partial charge < -0.3 is 25.8 Å². The molecule has 4 N–H and O–H groups in total. The number of thioether (sulfide) groups is 1. The number of carboxylic acid groups (broad SMARTS) is 1. The minimum Gasteiger partial charge on any atom is -0.478 e. The average Bonchev–Trinajstić information content (AvgIpc) is 2.94. The fourth-order valence-electron chi connectivity index (χ4n) is 4.63. The smallest absolute Gasteiger partial charge is 0.335 e. The number of carbonyl (C=O) groups excluding carboxylic acids is 2. The van der Waals surface area contributed by atoms with Crippen molar-refractivity contribution < 1.29 is 24.2 Å². The summed E-state index contributed by atoms with van der Waals surface area (Å²) in [6.07, 6.45) is 5.46. The summed E-state index contributed by atoms with van der Waals surface area (Å²) >= 11 is 1.69. The lowest BCUT2D eigenvalue weighted by Crippen LogP contribution is -2.58. The number of hydrogen-bond acceptors (Lipinski definition) is 6. The fraction of sp³-hybridized carbons (Fsp3) is 0.433. The Labute approximate surface area is 235 Å². The van der Waals surface area contributed by atoms with E-state index in [0.717, 1.165) is 24.0 Å². The number of nitrogens with one attached hydrogen (secondary N) is 3. The summed E-state index contributed by atoms with van der Waals surface area (Å²) in [7, 11) is 0. The molecule has 0 radical (unpaired) electrons. The van der Waals surface area contributed by atoms with Crippen molar-refractivity contribution >= 4 is 29.5 Å². The van der Waals surface area contributed by atoms with E-state index in [1.807, 2.05) is 12.3 Å². The normalized spacial score (nSPS) is 18.9. The third-order valence-electron chi connectivity index (χ3n) is 6.90. The molecule has 2 amide bonds. The van der Waals surface area contributed by atoms with Crippen LogP contribution in [-0.4, -0.2) is 53.4 Å². The van der Waals surface area contributed by atoms with Crippen LogP contribution < -0.4 is 16.0 Å². The van der Waals surface area contributed by atoms with Crippen molar-refractivity contribution in [3.05, 3.63) is 76.9 Å². The Hall–Kier alpha value is -3.14.